The maximum absolute atomic E-state index is 6.12. The lowest BCUT2D eigenvalue weighted by Gasteiger charge is -2.09. The molecule has 1 aromatic carbocycles. The van der Waals surface area contributed by atoms with Crippen LogP contribution < -0.4 is 10.7 Å². The molecule has 4 nitrogen and oxygen atoms in total. The minimum atomic E-state index is 0.468. The van der Waals surface area contributed by atoms with E-state index in [0.29, 0.717) is 15.2 Å². The standard InChI is InChI=1S/C14H19Cl2N3OS/c1-3-20-8-4-7-17-14(21)19-18-10(2)12-6-5-11(15)9-13(12)16/h5-6,9H,3-4,7-8H2,1-2H3,(H2,17,19,21)/b18-10-. The van der Waals surface area contributed by atoms with E-state index in [4.69, 9.17) is 40.2 Å². The molecule has 0 aliphatic rings. The van der Waals surface area contributed by atoms with E-state index in [1.807, 2.05) is 19.9 Å². The van der Waals surface area contributed by atoms with Crippen molar-refractivity contribution < 1.29 is 4.74 Å². The molecule has 0 spiro atoms. The molecule has 0 aromatic heterocycles. The van der Waals surface area contributed by atoms with Crippen LogP contribution in [0.25, 0.3) is 0 Å². The number of hydrogen-bond acceptors (Lipinski definition) is 3. The zero-order valence-corrected chi connectivity index (χ0v) is 14.4. The van der Waals surface area contributed by atoms with Gasteiger partial charge in [0, 0.05) is 30.3 Å². The second-order valence-electron chi connectivity index (χ2n) is 4.24. The molecule has 116 valence electrons. The normalized spacial score (nSPS) is 11.3. The molecular formula is C14H19Cl2N3OS. The minimum Gasteiger partial charge on any atom is -0.382 e. The van der Waals surface area contributed by atoms with Crippen molar-refractivity contribution in [1.29, 1.82) is 0 Å². The van der Waals surface area contributed by atoms with Gasteiger partial charge in [0.25, 0.3) is 0 Å². The van der Waals surface area contributed by atoms with E-state index in [0.717, 1.165) is 37.5 Å². The molecule has 0 saturated carbocycles. The van der Waals surface area contributed by atoms with Crippen LogP contribution >= 0.6 is 35.4 Å². The van der Waals surface area contributed by atoms with Crippen molar-refractivity contribution in [2.75, 3.05) is 19.8 Å². The first kappa shape index (κ1) is 18.2. The molecule has 1 rings (SSSR count). The Labute approximate surface area is 140 Å². The number of nitrogens with one attached hydrogen (secondary N) is 2. The van der Waals surface area contributed by atoms with Gasteiger partial charge in [-0.1, -0.05) is 29.3 Å². The van der Waals surface area contributed by atoms with Crippen molar-refractivity contribution in [2.24, 2.45) is 5.10 Å². The molecule has 1 aromatic rings. The van der Waals surface area contributed by atoms with Crippen LogP contribution in [0, 0.1) is 0 Å². The number of ether oxygens (including phenoxy) is 1. The van der Waals surface area contributed by atoms with Crippen LogP contribution in [-0.4, -0.2) is 30.6 Å². The van der Waals surface area contributed by atoms with Gasteiger partial charge in [0.15, 0.2) is 5.11 Å². The maximum atomic E-state index is 6.12. The summed E-state index contributed by atoms with van der Waals surface area (Å²) < 4.78 is 5.24. The van der Waals surface area contributed by atoms with Crippen LogP contribution in [0.15, 0.2) is 23.3 Å². The van der Waals surface area contributed by atoms with Crippen molar-refractivity contribution in [2.45, 2.75) is 20.3 Å². The van der Waals surface area contributed by atoms with Gasteiger partial charge in [-0.3, -0.25) is 5.43 Å². The fraction of sp³-hybridized carbons (Fsp3) is 0.429. The van der Waals surface area contributed by atoms with Gasteiger partial charge in [-0.25, -0.2) is 0 Å². The van der Waals surface area contributed by atoms with Crippen LogP contribution in [0.2, 0.25) is 10.0 Å². The van der Waals surface area contributed by atoms with Gasteiger partial charge in [-0.05, 0) is 44.6 Å². The van der Waals surface area contributed by atoms with E-state index >= 15 is 0 Å². The van der Waals surface area contributed by atoms with Crippen molar-refractivity contribution in [3.8, 4) is 0 Å². The second kappa shape index (κ2) is 9.95. The Kier molecular flexibility index (Phi) is 8.61. The number of nitrogens with zero attached hydrogens (tertiary/aromatic N) is 1. The van der Waals surface area contributed by atoms with Crippen molar-refractivity contribution in [3.05, 3.63) is 33.8 Å². The van der Waals surface area contributed by atoms with Crippen LogP contribution in [0.4, 0.5) is 0 Å². The maximum Gasteiger partial charge on any atom is 0.186 e. The number of rotatable bonds is 7. The van der Waals surface area contributed by atoms with Crippen molar-refractivity contribution in [1.82, 2.24) is 10.7 Å². The number of halogens is 2. The van der Waals surface area contributed by atoms with Gasteiger partial charge < -0.3 is 10.1 Å². The molecule has 2 N–H and O–H groups in total. The summed E-state index contributed by atoms with van der Waals surface area (Å²) in [6.07, 6.45) is 0.890. The Morgan fingerprint density at radius 3 is 2.81 bits per heavy atom. The summed E-state index contributed by atoms with van der Waals surface area (Å²) in [7, 11) is 0. The highest BCUT2D eigenvalue weighted by Gasteiger charge is 2.04. The molecule has 0 fully saturated rings. The fourth-order valence-corrected chi connectivity index (χ4v) is 2.23. The van der Waals surface area contributed by atoms with E-state index in [9.17, 15) is 0 Å². The highest BCUT2D eigenvalue weighted by Crippen LogP contribution is 2.21. The predicted octanol–water partition coefficient (Wildman–Crippen LogP) is 3.61. The molecule has 21 heavy (non-hydrogen) atoms. The summed E-state index contributed by atoms with van der Waals surface area (Å²) in [4.78, 5) is 0. The van der Waals surface area contributed by atoms with E-state index < -0.39 is 0 Å². The second-order valence-corrected chi connectivity index (χ2v) is 5.49. The SMILES string of the molecule is CCOCCCNC(=S)N/N=C(/C)c1ccc(Cl)cc1Cl. The predicted molar refractivity (Wildman–Crippen MR) is 93.5 cm³/mol. The van der Waals surface area contributed by atoms with E-state index in [-0.39, 0.29) is 0 Å². The molecule has 0 aliphatic carbocycles. The molecule has 0 amide bonds. The molecule has 0 heterocycles. The highest BCUT2D eigenvalue weighted by atomic mass is 35.5. The topological polar surface area (TPSA) is 45.6 Å². The Bertz CT molecular complexity index is 509. The number of benzene rings is 1. The van der Waals surface area contributed by atoms with Gasteiger partial charge in [0.1, 0.15) is 0 Å². The fourth-order valence-electron chi connectivity index (χ4n) is 1.54. The first-order chi connectivity index (χ1) is 10.0. The molecule has 0 aliphatic heterocycles. The Hall–Kier alpha value is -0.880. The van der Waals surface area contributed by atoms with Crippen molar-refractivity contribution in [3.63, 3.8) is 0 Å². The van der Waals surface area contributed by atoms with Gasteiger partial charge >= 0.3 is 0 Å². The summed E-state index contributed by atoms with van der Waals surface area (Å²) in [5.41, 5.74) is 4.33. The van der Waals surface area contributed by atoms with Gasteiger partial charge in [0.05, 0.1) is 10.7 Å². The molecule has 0 bridgehead atoms. The van der Waals surface area contributed by atoms with Gasteiger partial charge in [-0.2, -0.15) is 5.10 Å². The third-order valence-corrected chi connectivity index (χ3v) is 3.38. The number of hydrazone groups is 1. The zero-order valence-electron chi connectivity index (χ0n) is 12.1. The van der Waals surface area contributed by atoms with Crippen molar-refractivity contribution >= 4 is 46.2 Å². The van der Waals surface area contributed by atoms with Crippen LogP contribution in [-0.2, 0) is 4.74 Å². The number of thiocarbonyl (C=S) groups is 1. The quantitative estimate of drug-likeness (QED) is 0.342. The van der Waals surface area contributed by atoms with E-state index in [2.05, 4.69) is 15.8 Å². The third-order valence-electron chi connectivity index (χ3n) is 2.60. The average molecular weight is 348 g/mol. The highest BCUT2D eigenvalue weighted by molar-refractivity contribution is 7.80. The average Bonchev–Trinajstić information content (AvgIpc) is 2.44. The molecule has 0 unspecified atom stereocenters. The van der Waals surface area contributed by atoms with E-state index in [1.165, 1.54) is 0 Å². The zero-order chi connectivity index (χ0) is 15.7. The molecule has 7 heteroatoms. The number of hydrogen-bond donors (Lipinski definition) is 2. The molecular weight excluding hydrogens is 329 g/mol. The monoisotopic (exact) mass is 347 g/mol. The molecule has 0 atom stereocenters. The smallest absolute Gasteiger partial charge is 0.186 e. The third kappa shape index (κ3) is 7.09. The lowest BCUT2D eigenvalue weighted by atomic mass is 10.1. The summed E-state index contributed by atoms with van der Waals surface area (Å²) in [5, 5.41) is 8.87. The van der Waals surface area contributed by atoms with Crippen LogP contribution in [0.5, 0.6) is 0 Å². The van der Waals surface area contributed by atoms with Crippen LogP contribution in [0.1, 0.15) is 25.8 Å². The van der Waals surface area contributed by atoms with Gasteiger partial charge in [0.2, 0.25) is 0 Å². The lowest BCUT2D eigenvalue weighted by molar-refractivity contribution is 0.145. The lowest BCUT2D eigenvalue weighted by Crippen LogP contribution is -2.33. The summed E-state index contributed by atoms with van der Waals surface area (Å²) in [6.45, 7) is 6.00. The Morgan fingerprint density at radius 1 is 1.38 bits per heavy atom. The molecule has 0 saturated heterocycles. The first-order valence-corrected chi connectivity index (χ1v) is 7.82. The largest absolute Gasteiger partial charge is 0.382 e. The Morgan fingerprint density at radius 2 is 2.14 bits per heavy atom. The van der Waals surface area contributed by atoms with Gasteiger partial charge in [-0.15, -0.1) is 0 Å². The summed E-state index contributed by atoms with van der Waals surface area (Å²) in [5.74, 6) is 0. The van der Waals surface area contributed by atoms with Crippen LogP contribution in [0.3, 0.4) is 0 Å². The summed E-state index contributed by atoms with van der Waals surface area (Å²) >= 11 is 17.1. The molecule has 0 radical (unpaired) electrons. The first-order valence-electron chi connectivity index (χ1n) is 6.66. The minimum absolute atomic E-state index is 0.468. The Balaban J connectivity index is 2.42. The van der Waals surface area contributed by atoms with E-state index in [1.54, 1.807) is 12.1 Å². The summed E-state index contributed by atoms with van der Waals surface area (Å²) in [6, 6.07) is 5.28.